The Kier molecular flexibility index (Phi) is 6.01. The molecule has 1 unspecified atom stereocenters. The van der Waals surface area contributed by atoms with Crippen LogP contribution in [0.15, 0.2) is 34.8 Å². The highest BCUT2D eigenvalue weighted by Gasteiger charge is 2.32. The van der Waals surface area contributed by atoms with E-state index in [0.29, 0.717) is 11.4 Å². The molecule has 1 heterocycles. The summed E-state index contributed by atoms with van der Waals surface area (Å²) in [6, 6.07) is -0.448. The summed E-state index contributed by atoms with van der Waals surface area (Å²) < 4.78 is 26.9. The van der Waals surface area contributed by atoms with Crippen LogP contribution in [-0.2, 0) is 19.7 Å². The van der Waals surface area contributed by atoms with E-state index in [1.165, 1.54) is 25.3 Å². The molecule has 10 nitrogen and oxygen atoms in total. The Bertz CT molecular complexity index is 911. The van der Waals surface area contributed by atoms with Gasteiger partial charge in [-0.25, -0.2) is 32.7 Å². The number of aryl methyl sites for hydroxylation is 2. The minimum atomic E-state index is -4.29. The van der Waals surface area contributed by atoms with E-state index in [-0.39, 0.29) is 16.4 Å². The lowest BCUT2D eigenvalue weighted by atomic mass is 10.0. The molecule has 0 spiro atoms. The van der Waals surface area contributed by atoms with E-state index in [1.54, 1.807) is 25.9 Å². The monoisotopic (exact) mass is 379 g/mol. The molecule has 0 aliphatic heterocycles. The first-order valence-electron chi connectivity index (χ1n) is 7.34. The van der Waals surface area contributed by atoms with Crippen molar-refractivity contribution >= 4 is 27.9 Å². The van der Waals surface area contributed by atoms with Gasteiger partial charge in [-0.3, -0.25) is 5.32 Å². The second-order valence-electron chi connectivity index (χ2n) is 5.27. The molecule has 0 bridgehead atoms. The van der Waals surface area contributed by atoms with Gasteiger partial charge in [-0.1, -0.05) is 6.08 Å². The molecule has 3 N–H and O–H groups in total. The molecule has 1 aliphatic rings. The highest BCUT2D eigenvalue weighted by molar-refractivity contribution is 7.94. The fourth-order valence-corrected chi connectivity index (χ4v) is 3.42. The van der Waals surface area contributed by atoms with Crippen LogP contribution in [0, 0.1) is 13.8 Å². The van der Waals surface area contributed by atoms with Gasteiger partial charge in [0.25, 0.3) is 10.0 Å². The van der Waals surface area contributed by atoms with Crippen LogP contribution in [0.5, 0.6) is 0 Å². The summed E-state index contributed by atoms with van der Waals surface area (Å²) in [6.45, 7) is 3.42. The predicted octanol–water partition coefficient (Wildman–Crippen LogP) is 0.276. The van der Waals surface area contributed by atoms with Crippen LogP contribution in [0.1, 0.15) is 11.4 Å². The lowest BCUT2D eigenvalue weighted by molar-refractivity contribution is 0.0819. The van der Waals surface area contributed by atoms with Crippen LogP contribution < -0.4 is 15.5 Å². The minimum Gasteiger partial charge on any atom is -0.304 e. The molecular formula is C15H17N5O5S. The number of nitrogens with zero attached hydrogens (tertiary/aromatic N) is 2. The lowest BCUT2D eigenvalue weighted by Gasteiger charge is -2.22. The quantitative estimate of drug-likeness (QED) is 0.489. The number of anilines is 1. The van der Waals surface area contributed by atoms with Gasteiger partial charge in [0.1, 0.15) is 12.0 Å². The summed E-state index contributed by atoms with van der Waals surface area (Å²) in [5.41, 5.74) is 3.62. The normalized spacial score (nSPS) is 16.7. The van der Waals surface area contributed by atoms with Crippen molar-refractivity contribution in [1.82, 2.24) is 20.2 Å². The molecule has 0 saturated heterocycles. The second-order valence-corrected chi connectivity index (χ2v) is 6.96. The Morgan fingerprint density at radius 1 is 1.27 bits per heavy atom. The number of hydrogen-bond donors (Lipinski definition) is 3. The van der Waals surface area contributed by atoms with Crippen molar-refractivity contribution in [2.24, 2.45) is 0 Å². The van der Waals surface area contributed by atoms with Gasteiger partial charge in [0.2, 0.25) is 5.95 Å². The summed E-state index contributed by atoms with van der Waals surface area (Å²) in [5, 5.41) is 2.26. The Labute approximate surface area is 150 Å². The summed E-state index contributed by atoms with van der Waals surface area (Å²) in [5.74, 6) is 1.60. The van der Waals surface area contributed by atoms with Gasteiger partial charge in [-0.2, -0.15) is 5.48 Å². The van der Waals surface area contributed by atoms with Gasteiger partial charge in [-0.05, 0) is 32.1 Å². The van der Waals surface area contributed by atoms with E-state index in [2.05, 4.69) is 20.8 Å². The highest BCUT2D eigenvalue weighted by Crippen LogP contribution is 2.21. The van der Waals surface area contributed by atoms with Crippen molar-refractivity contribution in [3.8, 4) is 0 Å². The largest absolute Gasteiger partial charge is 0.335 e. The van der Waals surface area contributed by atoms with Crippen LogP contribution in [0.25, 0.3) is 0 Å². The van der Waals surface area contributed by atoms with Gasteiger partial charge in [-0.15, -0.1) is 0 Å². The molecule has 2 rings (SSSR count). The summed E-state index contributed by atoms with van der Waals surface area (Å²) in [6.07, 6.45) is 3.97. The lowest BCUT2D eigenvalue weighted by Crippen LogP contribution is -2.43. The van der Waals surface area contributed by atoms with Crippen LogP contribution in [-0.4, -0.2) is 43.5 Å². The predicted molar refractivity (Wildman–Crippen MR) is 92.9 cm³/mol. The molecule has 0 aromatic carbocycles. The van der Waals surface area contributed by atoms with Gasteiger partial charge in [0, 0.05) is 11.4 Å². The van der Waals surface area contributed by atoms with E-state index in [4.69, 9.17) is 4.84 Å². The topological polar surface area (TPSA) is 139 Å². The molecule has 0 radical (unpaired) electrons. The van der Waals surface area contributed by atoms with Gasteiger partial charge < -0.3 is 4.84 Å². The van der Waals surface area contributed by atoms with Crippen molar-refractivity contribution in [3.63, 3.8) is 0 Å². The number of aromatic nitrogens is 2. The van der Waals surface area contributed by atoms with E-state index in [9.17, 15) is 18.0 Å². The zero-order valence-corrected chi connectivity index (χ0v) is 15.0. The number of rotatable bonds is 5. The number of nitrogens with one attached hydrogen (secondary N) is 3. The standard InChI is InChI=1S/C15H17N5O5S/c1-9-7-10(2)17-14(16-9)18-15(22)20-26(23,24)12-6-4-5-11(8-21)13(12)19-25-3/h4-7,13,19H,1-3H3,(H2,16,17,18,20,22). The zero-order valence-electron chi connectivity index (χ0n) is 14.2. The van der Waals surface area contributed by atoms with Crippen molar-refractivity contribution < 1.29 is 22.8 Å². The Balaban J connectivity index is 2.21. The number of hydrogen-bond acceptors (Lipinski definition) is 8. The van der Waals surface area contributed by atoms with Crippen LogP contribution >= 0.6 is 0 Å². The first kappa shape index (κ1) is 19.5. The third kappa shape index (κ3) is 4.61. The number of carbonyl (C=O) groups is 1. The van der Waals surface area contributed by atoms with E-state index < -0.39 is 22.1 Å². The third-order valence-corrected chi connectivity index (χ3v) is 4.68. The Hall–Kier alpha value is -2.85. The van der Waals surface area contributed by atoms with Crippen molar-refractivity contribution in [1.29, 1.82) is 0 Å². The molecule has 26 heavy (non-hydrogen) atoms. The summed E-state index contributed by atoms with van der Waals surface area (Å²) in [7, 11) is -3.02. The van der Waals surface area contributed by atoms with E-state index in [1.807, 2.05) is 4.72 Å². The van der Waals surface area contributed by atoms with Gasteiger partial charge >= 0.3 is 6.03 Å². The average Bonchev–Trinajstić information content (AvgIpc) is 2.53. The maximum atomic E-state index is 12.5. The highest BCUT2D eigenvalue weighted by atomic mass is 32.2. The van der Waals surface area contributed by atoms with E-state index >= 15 is 0 Å². The molecule has 1 aromatic rings. The molecule has 1 aliphatic carbocycles. The SMILES string of the molecule is CONC1C(=C=O)C=CC=C1S(=O)(=O)NC(=O)Nc1nc(C)cc(C)n1. The average molecular weight is 379 g/mol. The second kappa shape index (κ2) is 8.02. The summed E-state index contributed by atoms with van der Waals surface area (Å²) in [4.78, 5) is 35.5. The Morgan fingerprint density at radius 2 is 1.92 bits per heavy atom. The number of hydroxylamine groups is 1. The fraction of sp³-hybridized carbons (Fsp3) is 0.267. The zero-order chi connectivity index (χ0) is 19.3. The molecule has 0 saturated carbocycles. The molecule has 1 aromatic heterocycles. The molecule has 138 valence electrons. The van der Waals surface area contributed by atoms with Crippen molar-refractivity contribution in [3.05, 3.63) is 46.2 Å². The molecule has 11 heteroatoms. The number of carbonyl (C=O) groups excluding carboxylic acids is 2. The smallest absolute Gasteiger partial charge is 0.304 e. The maximum absolute atomic E-state index is 12.5. The number of sulfonamides is 1. The van der Waals surface area contributed by atoms with Crippen molar-refractivity contribution in [2.75, 3.05) is 12.4 Å². The maximum Gasteiger partial charge on any atom is 0.335 e. The van der Waals surface area contributed by atoms with Crippen LogP contribution in [0.2, 0.25) is 0 Å². The number of amides is 2. The first-order valence-corrected chi connectivity index (χ1v) is 8.83. The molecule has 0 fully saturated rings. The van der Waals surface area contributed by atoms with Gasteiger partial charge in [0.15, 0.2) is 0 Å². The van der Waals surface area contributed by atoms with Crippen molar-refractivity contribution in [2.45, 2.75) is 19.9 Å². The minimum absolute atomic E-state index is 0.00720. The molecular weight excluding hydrogens is 362 g/mol. The fourth-order valence-electron chi connectivity index (χ4n) is 2.26. The molecule has 2 amide bonds. The number of urea groups is 1. The van der Waals surface area contributed by atoms with E-state index in [0.717, 1.165) is 0 Å². The van der Waals surface area contributed by atoms with Gasteiger partial charge in [0.05, 0.1) is 17.6 Å². The first-order chi connectivity index (χ1) is 12.3. The summed E-state index contributed by atoms with van der Waals surface area (Å²) >= 11 is 0. The Morgan fingerprint density at radius 3 is 2.50 bits per heavy atom. The molecule has 1 atom stereocenters. The van der Waals surface area contributed by atoms with Crippen LogP contribution in [0.3, 0.4) is 0 Å². The van der Waals surface area contributed by atoms with Crippen LogP contribution in [0.4, 0.5) is 10.7 Å². The number of allylic oxidation sites excluding steroid dienone is 2. The third-order valence-electron chi connectivity index (χ3n) is 3.23.